The van der Waals surface area contributed by atoms with Crippen LogP contribution in [-0.2, 0) is 0 Å². The molecule has 0 aliphatic carbocycles. The smallest absolute Gasteiger partial charge is 0.150 e. The van der Waals surface area contributed by atoms with Crippen LogP contribution in [0.4, 0.5) is 0 Å². The fourth-order valence-electron chi connectivity index (χ4n) is 2.30. The van der Waals surface area contributed by atoms with E-state index in [1.807, 2.05) is 18.2 Å². The molecule has 3 nitrogen and oxygen atoms in total. The van der Waals surface area contributed by atoms with Gasteiger partial charge >= 0.3 is 0 Å². The van der Waals surface area contributed by atoms with Crippen LogP contribution in [0.2, 0.25) is 0 Å². The SMILES string of the molecule is CC(C)N1CCN(C(C)C)CC1.O=Cc1ccccc1. The summed E-state index contributed by atoms with van der Waals surface area (Å²) in [4.78, 5) is 15.1. The molecule has 0 atom stereocenters. The molecule has 1 fully saturated rings. The Kier molecular flexibility index (Phi) is 7.48. The average molecular weight is 276 g/mol. The number of carbonyl (C=O) groups excluding carboxylic acids is 1. The average Bonchev–Trinajstić information content (AvgIpc) is 2.48. The van der Waals surface area contributed by atoms with Gasteiger partial charge in [-0.1, -0.05) is 30.3 Å². The van der Waals surface area contributed by atoms with Crippen molar-refractivity contribution in [1.82, 2.24) is 9.80 Å². The van der Waals surface area contributed by atoms with Gasteiger partial charge in [0.15, 0.2) is 0 Å². The van der Waals surface area contributed by atoms with Gasteiger partial charge in [-0.25, -0.2) is 0 Å². The molecular weight excluding hydrogens is 248 g/mol. The number of hydrogen-bond donors (Lipinski definition) is 0. The van der Waals surface area contributed by atoms with Crippen LogP contribution in [0.5, 0.6) is 0 Å². The van der Waals surface area contributed by atoms with Crippen molar-refractivity contribution in [1.29, 1.82) is 0 Å². The van der Waals surface area contributed by atoms with Gasteiger partial charge in [0, 0.05) is 43.8 Å². The van der Waals surface area contributed by atoms with Crippen LogP contribution in [-0.4, -0.2) is 54.3 Å². The summed E-state index contributed by atoms with van der Waals surface area (Å²) in [6.45, 7) is 14.1. The van der Waals surface area contributed by atoms with E-state index in [-0.39, 0.29) is 0 Å². The maximum atomic E-state index is 10.0. The third kappa shape index (κ3) is 5.85. The summed E-state index contributed by atoms with van der Waals surface area (Å²) in [5.41, 5.74) is 0.729. The second-order valence-corrected chi connectivity index (χ2v) is 5.79. The van der Waals surface area contributed by atoms with Crippen molar-refractivity contribution >= 4 is 6.29 Å². The number of carbonyl (C=O) groups is 1. The van der Waals surface area contributed by atoms with E-state index in [4.69, 9.17) is 0 Å². The van der Waals surface area contributed by atoms with E-state index in [0.717, 1.165) is 23.9 Å². The van der Waals surface area contributed by atoms with Gasteiger partial charge in [0.2, 0.25) is 0 Å². The highest BCUT2D eigenvalue weighted by Gasteiger charge is 2.19. The molecule has 20 heavy (non-hydrogen) atoms. The number of nitrogens with zero attached hydrogens (tertiary/aromatic N) is 2. The summed E-state index contributed by atoms with van der Waals surface area (Å²) in [6.07, 6.45) is 0.833. The van der Waals surface area contributed by atoms with Crippen LogP contribution >= 0.6 is 0 Å². The normalized spacial score (nSPS) is 16.9. The topological polar surface area (TPSA) is 23.6 Å². The van der Waals surface area contributed by atoms with Gasteiger partial charge in [0.05, 0.1) is 0 Å². The molecule has 1 aromatic carbocycles. The van der Waals surface area contributed by atoms with E-state index in [1.54, 1.807) is 12.1 Å². The van der Waals surface area contributed by atoms with Gasteiger partial charge in [0.25, 0.3) is 0 Å². The second kappa shape index (κ2) is 8.88. The first-order valence-corrected chi connectivity index (χ1v) is 7.53. The number of aldehydes is 1. The Bertz CT molecular complexity index is 352. The summed E-state index contributed by atoms with van der Waals surface area (Å²) < 4.78 is 0. The third-order valence-corrected chi connectivity index (χ3v) is 3.75. The molecule has 1 heterocycles. The van der Waals surface area contributed by atoms with E-state index >= 15 is 0 Å². The van der Waals surface area contributed by atoms with Crippen LogP contribution in [0.25, 0.3) is 0 Å². The molecule has 1 aromatic rings. The Morgan fingerprint density at radius 1 is 0.850 bits per heavy atom. The highest BCUT2D eigenvalue weighted by Crippen LogP contribution is 2.08. The zero-order chi connectivity index (χ0) is 15.0. The largest absolute Gasteiger partial charge is 0.298 e. The summed E-state index contributed by atoms with van der Waals surface area (Å²) in [5.74, 6) is 0. The van der Waals surface area contributed by atoms with Gasteiger partial charge in [-0.05, 0) is 27.7 Å². The minimum Gasteiger partial charge on any atom is -0.298 e. The van der Waals surface area contributed by atoms with Crippen molar-refractivity contribution in [2.75, 3.05) is 26.2 Å². The van der Waals surface area contributed by atoms with E-state index in [1.165, 1.54) is 26.2 Å². The fraction of sp³-hybridized carbons (Fsp3) is 0.588. The molecule has 0 saturated carbocycles. The molecule has 1 aliphatic rings. The van der Waals surface area contributed by atoms with Gasteiger partial charge in [-0.2, -0.15) is 0 Å². The monoisotopic (exact) mass is 276 g/mol. The molecule has 0 amide bonds. The summed E-state index contributed by atoms with van der Waals surface area (Å²) in [5, 5.41) is 0. The predicted octanol–water partition coefficient (Wildman–Crippen LogP) is 2.92. The molecule has 0 aromatic heterocycles. The molecule has 1 saturated heterocycles. The van der Waals surface area contributed by atoms with Gasteiger partial charge in [-0.3, -0.25) is 14.6 Å². The van der Waals surface area contributed by atoms with Gasteiger partial charge in [0.1, 0.15) is 6.29 Å². The molecule has 0 radical (unpaired) electrons. The maximum absolute atomic E-state index is 10.0. The van der Waals surface area contributed by atoms with Crippen LogP contribution < -0.4 is 0 Å². The van der Waals surface area contributed by atoms with Crippen LogP contribution in [0, 0.1) is 0 Å². The molecule has 0 unspecified atom stereocenters. The second-order valence-electron chi connectivity index (χ2n) is 5.79. The van der Waals surface area contributed by atoms with Crippen LogP contribution in [0.1, 0.15) is 38.1 Å². The molecule has 0 spiro atoms. The Hall–Kier alpha value is -1.19. The minimum atomic E-state index is 0.722. The lowest BCUT2D eigenvalue weighted by Crippen LogP contribution is -2.50. The molecule has 0 N–H and O–H groups in total. The first-order valence-electron chi connectivity index (χ1n) is 7.53. The predicted molar refractivity (Wildman–Crippen MR) is 85.2 cm³/mol. The summed E-state index contributed by atoms with van der Waals surface area (Å²) >= 11 is 0. The molecule has 0 bridgehead atoms. The van der Waals surface area contributed by atoms with E-state index < -0.39 is 0 Å². The quantitative estimate of drug-likeness (QED) is 0.793. The Labute approximate surface area is 123 Å². The number of benzene rings is 1. The molecule has 3 heteroatoms. The first-order chi connectivity index (χ1) is 9.54. The standard InChI is InChI=1S/C10H22N2.C7H6O/c1-9(2)11-5-7-12(8-6-11)10(3)4;8-6-7-4-2-1-3-5-7/h9-10H,5-8H2,1-4H3;1-6H. The lowest BCUT2D eigenvalue weighted by Gasteiger charge is -2.38. The number of hydrogen-bond acceptors (Lipinski definition) is 3. The fourth-order valence-corrected chi connectivity index (χ4v) is 2.30. The van der Waals surface area contributed by atoms with Crippen LogP contribution in [0.15, 0.2) is 30.3 Å². The highest BCUT2D eigenvalue weighted by atomic mass is 16.1. The Morgan fingerprint density at radius 3 is 1.50 bits per heavy atom. The Balaban J connectivity index is 0.000000217. The zero-order valence-corrected chi connectivity index (χ0v) is 13.2. The number of piperazine rings is 1. The lowest BCUT2D eigenvalue weighted by molar-refractivity contribution is 0.0887. The first kappa shape index (κ1) is 16.9. The highest BCUT2D eigenvalue weighted by molar-refractivity contribution is 5.74. The van der Waals surface area contributed by atoms with Crippen molar-refractivity contribution in [3.63, 3.8) is 0 Å². The van der Waals surface area contributed by atoms with E-state index in [2.05, 4.69) is 37.5 Å². The third-order valence-electron chi connectivity index (χ3n) is 3.75. The molecule has 2 rings (SSSR count). The van der Waals surface area contributed by atoms with Crippen molar-refractivity contribution < 1.29 is 4.79 Å². The maximum Gasteiger partial charge on any atom is 0.150 e. The molecular formula is C17H28N2O. The zero-order valence-electron chi connectivity index (χ0n) is 13.2. The van der Waals surface area contributed by atoms with Gasteiger partial charge < -0.3 is 0 Å². The number of rotatable bonds is 3. The summed E-state index contributed by atoms with van der Waals surface area (Å²) in [7, 11) is 0. The summed E-state index contributed by atoms with van der Waals surface area (Å²) in [6, 6.07) is 10.5. The Morgan fingerprint density at radius 2 is 1.25 bits per heavy atom. The van der Waals surface area contributed by atoms with Crippen molar-refractivity contribution in [2.45, 2.75) is 39.8 Å². The van der Waals surface area contributed by atoms with Crippen molar-refractivity contribution in [2.24, 2.45) is 0 Å². The van der Waals surface area contributed by atoms with Crippen LogP contribution in [0.3, 0.4) is 0 Å². The van der Waals surface area contributed by atoms with E-state index in [0.29, 0.717) is 0 Å². The van der Waals surface area contributed by atoms with Gasteiger partial charge in [-0.15, -0.1) is 0 Å². The molecule has 1 aliphatic heterocycles. The lowest BCUT2D eigenvalue weighted by atomic mass is 10.2. The van der Waals surface area contributed by atoms with E-state index in [9.17, 15) is 4.79 Å². The van der Waals surface area contributed by atoms with Crippen molar-refractivity contribution in [3.8, 4) is 0 Å². The minimum absolute atomic E-state index is 0.722. The van der Waals surface area contributed by atoms with Crippen molar-refractivity contribution in [3.05, 3.63) is 35.9 Å². The molecule has 112 valence electrons.